The molecule has 1 amide bonds. The van der Waals surface area contributed by atoms with Gasteiger partial charge in [0.1, 0.15) is 22.8 Å². The van der Waals surface area contributed by atoms with E-state index in [1.165, 1.54) is 6.42 Å². The molecule has 3 aromatic rings. The number of para-hydroxylation sites is 1. The average molecular weight is 454 g/mol. The maximum absolute atomic E-state index is 12.5. The van der Waals surface area contributed by atoms with E-state index in [0.29, 0.717) is 34.0 Å². The largest absolute Gasteiger partial charge is 0.495 e. The second-order valence-electron chi connectivity index (χ2n) is 8.53. The van der Waals surface area contributed by atoms with Gasteiger partial charge in [-0.1, -0.05) is 37.6 Å². The lowest BCUT2D eigenvalue weighted by Gasteiger charge is -2.35. The molecule has 1 aliphatic heterocycles. The number of carbonyl (C=O) groups excluding carboxylic acids is 1. The third-order valence-corrected chi connectivity index (χ3v) is 5.89. The van der Waals surface area contributed by atoms with Gasteiger partial charge in [0.2, 0.25) is 0 Å². The quantitative estimate of drug-likeness (QED) is 0.541. The lowest BCUT2D eigenvalue weighted by molar-refractivity contribution is -0.118. The smallest absolute Gasteiger partial charge is 0.262 e. The van der Waals surface area contributed by atoms with Crippen molar-refractivity contribution in [3.05, 3.63) is 53.6 Å². The molecule has 4 rings (SSSR count). The molecule has 6 nitrogen and oxygen atoms in total. The van der Waals surface area contributed by atoms with E-state index in [0.717, 1.165) is 29.8 Å². The summed E-state index contributed by atoms with van der Waals surface area (Å²) in [6, 6.07) is 14.9. The fourth-order valence-electron chi connectivity index (χ4n) is 4.36. The first kappa shape index (κ1) is 22.2. The number of methoxy groups -OCH3 is 1. The molecule has 32 heavy (non-hydrogen) atoms. The predicted molar refractivity (Wildman–Crippen MR) is 129 cm³/mol. The first-order valence-corrected chi connectivity index (χ1v) is 11.2. The van der Waals surface area contributed by atoms with Crippen molar-refractivity contribution in [2.45, 2.75) is 20.3 Å². The number of ether oxygens (including phenoxy) is 2. The molecule has 0 aliphatic carbocycles. The van der Waals surface area contributed by atoms with Gasteiger partial charge in [0.15, 0.2) is 6.61 Å². The maximum Gasteiger partial charge on any atom is 0.262 e. The molecule has 1 saturated heterocycles. The molecule has 0 spiro atoms. The number of halogens is 1. The van der Waals surface area contributed by atoms with E-state index < -0.39 is 0 Å². The number of piperidine rings is 1. The standard InChI is InChI=1S/C25H28ClN3O3/c1-16-11-17(2)14-29(13-16)23-10-7-18-5-4-6-22(25(18)28-23)32-15-24(30)27-20-12-19(26)8-9-21(20)31-3/h4-10,12,16-17H,11,13-15H2,1-3H3,(H,27,30). The summed E-state index contributed by atoms with van der Waals surface area (Å²) in [7, 11) is 1.54. The van der Waals surface area contributed by atoms with Crippen LogP contribution < -0.4 is 19.7 Å². The van der Waals surface area contributed by atoms with E-state index in [2.05, 4.69) is 36.2 Å². The SMILES string of the molecule is COc1ccc(Cl)cc1NC(=O)COc1cccc2ccc(N3CC(C)CC(C)C3)nc12. The summed E-state index contributed by atoms with van der Waals surface area (Å²) in [4.78, 5) is 19.8. The summed E-state index contributed by atoms with van der Waals surface area (Å²) in [6.07, 6.45) is 1.24. The van der Waals surface area contributed by atoms with Crippen molar-refractivity contribution in [1.29, 1.82) is 0 Å². The lowest BCUT2D eigenvalue weighted by Crippen LogP contribution is -2.39. The molecule has 0 saturated carbocycles. The Morgan fingerprint density at radius 1 is 1.12 bits per heavy atom. The third kappa shape index (κ3) is 5.07. The van der Waals surface area contributed by atoms with Crippen LogP contribution in [0.25, 0.3) is 10.9 Å². The predicted octanol–water partition coefficient (Wildman–Crippen LogP) is 5.40. The van der Waals surface area contributed by atoms with Crippen molar-refractivity contribution in [3.8, 4) is 11.5 Å². The second-order valence-corrected chi connectivity index (χ2v) is 8.97. The zero-order valence-corrected chi connectivity index (χ0v) is 19.4. The third-order valence-electron chi connectivity index (χ3n) is 5.66. The van der Waals surface area contributed by atoms with Crippen LogP contribution in [0.15, 0.2) is 48.5 Å². The van der Waals surface area contributed by atoms with Crippen molar-refractivity contribution in [1.82, 2.24) is 4.98 Å². The van der Waals surface area contributed by atoms with E-state index in [1.807, 2.05) is 18.2 Å². The molecule has 168 valence electrons. The number of carbonyl (C=O) groups is 1. The molecule has 1 aromatic heterocycles. The summed E-state index contributed by atoms with van der Waals surface area (Å²) in [5.74, 6) is 3.02. The van der Waals surface area contributed by atoms with Crippen molar-refractivity contribution >= 4 is 39.9 Å². The van der Waals surface area contributed by atoms with Gasteiger partial charge >= 0.3 is 0 Å². The van der Waals surface area contributed by atoms with Gasteiger partial charge in [-0.15, -0.1) is 0 Å². The lowest BCUT2D eigenvalue weighted by atomic mass is 9.92. The number of nitrogens with one attached hydrogen (secondary N) is 1. The summed E-state index contributed by atoms with van der Waals surface area (Å²) in [5, 5.41) is 4.27. The van der Waals surface area contributed by atoms with Crippen LogP contribution >= 0.6 is 11.6 Å². The van der Waals surface area contributed by atoms with Crippen LogP contribution in [0.4, 0.5) is 11.5 Å². The van der Waals surface area contributed by atoms with E-state index in [-0.39, 0.29) is 12.5 Å². The van der Waals surface area contributed by atoms with E-state index >= 15 is 0 Å². The zero-order chi connectivity index (χ0) is 22.7. The summed E-state index contributed by atoms with van der Waals surface area (Å²) < 4.78 is 11.2. The van der Waals surface area contributed by atoms with Crippen LogP contribution in [0.1, 0.15) is 20.3 Å². The molecule has 0 radical (unpaired) electrons. The van der Waals surface area contributed by atoms with Crippen LogP contribution in [-0.2, 0) is 4.79 Å². The van der Waals surface area contributed by atoms with E-state index in [9.17, 15) is 4.79 Å². The van der Waals surface area contributed by atoms with Crippen molar-refractivity contribution in [3.63, 3.8) is 0 Å². The molecule has 0 bridgehead atoms. The Labute approximate surface area is 193 Å². The molecular weight excluding hydrogens is 426 g/mol. The second kappa shape index (κ2) is 9.65. The maximum atomic E-state index is 12.5. The number of benzene rings is 2. The van der Waals surface area contributed by atoms with Gasteiger partial charge in [0.05, 0.1) is 12.8 Å². The highest BCUT2D eigenvalue weighted by molar-refractivity contribution is 6.31. The fourth-order valence-corrected chi connectivity index (χ4v) is 4.53. The number of hydrogen-bond donors (Lipinski definition) is 1. The van der Waals surface area contributed by atoms with Gasteiger partial charge in [-0.3, -0.25) is 4.79 Å². The molecule has 1 N–H and O–H groups in total. The first-order chi connectivity index (χ1) is 15.4. The van der Waals surface area contributed by atoms with Gasteiger partial charge in [0.25, 0.3) is 5.91 Å². The van der Waals surface area contributed by atoms with Crippen LogP contribution in [0.5, 0.6) is 11.5 Å². The van der Waals surface area contributed by atoms with Crippen LogP contribution in [0.2, 0.25) is 5.02 Å². The molecule has 2 heterocycles. The minimum Gasteiger partial charge on any atom is -0.495 e. The number of amides is 1. The van der Waals surface area contributed by atoms with Gasteiger partial charge in [-0.05, 0) is 54.7 Å². The molecule has 2 unspecified atom stereocenters. The van der Waals surface area contributed by atoms with Crippen molar-refractivity contribution in [2.75, 3.05) is 37.0 Å². The Morgan fingerprint density at radius 3 is 2.66 bits per heavy atom. The summed E-state index contributed by atoms with van der Waals surface area (Å²) >= 11 is 6.04. The Bertz CT molecular complexity index is 1110. The normalized spacial score (nSPS) is 18.4. The minimum absolute atomic E-state index is 0.154. The Balaban J connectivity index is 1.50. The number of pyridine rings is 1. The molecular formula is C25H28ClN3O3. The number of anilines is 2. The van der Waals surface area contributed by atoms with Gasteiger partial charge < -0.3 is 19.7 Å². The molecule has 1 fully saturated rings. The van der Waals surface area contributed by atoms with Gasteiger partial charge in [-0.2, -0.15) is 0 Å². The highest BCUT2D eigenvalue weighted by atomic mass is 35.5. The zero-order valence-electron chi connectivity index (χ0n) is 18.6. The summed E-state index contributed by atoms with van der Waals surface area (Å²) in [5.41, 5.74) is 1.25. The highest BCUT2D eigenvalue weighted by Gasteiger charge is 2.23. The van der Waals surface area contributed by atoms with E-state index in [1.54, 1.807) is 25.3 Å². The number of fused-ring (bicyclic) bond motifs is 1. The Morgan fingerprint density at radius 2 is 1.91 bits per heavy atom. The average Bonchev–Trinajstić information content (AvgIpc) is 2.77. The number of hydrogen-bond acceptors (Lipinski definition) is 5. The van der Waals surface area contributed by atoms with Crippen LogP contribution in [-0.4, -0.2) is 37.7 Å². The highest BCUT2D eigenvalue weighted by Crippen LogP contribution is 2.30. The van der Waals surface area contributed by atoms with E-state index in [4.69, 9.17) is 26.1 Å². The van der Waals surface area contributed by atoms with Crippen molar-refractivity contribution < 1.29 is 14.3 Å². The molecule has 2 atom stereocenters. The monoisotopic (exact) mass is 453 g/mol. The number of nitrogens with zero attached hydrogens (tertiary/aromatic N) is 2. The van der Waals surface area contributed by atoms with Gasteiger partial charge in [0, 0.05) is 23.5 Å². The van der Waals surface area contributed by atoms with Crippen molar-refractivity contribution in [2.24, 2.45) is 11.8 Å². The number of rotatable bonds is 6. The van der Waals surface area contributed by atoms with Crippen LogP contribution in [0, 0.1) is 11.8 Å². The van der Waals surface area contributed by atoms with Crippen LogP contribution in [0.3, 0.4) is 0 Å². The minimum atomic E-state index is -0.308. The topological polar surface area (TPSA) is 63.7 Å². The molecule has 1 aliphatic rings. The van der Waals surface area contributed by atoms with Gasteiger partial charge in [-0.25, -0.2) is 4.98 Å². The Kier molecular flexibility index (Phi) is 6.70. The summed E-state index contributed by atoms with van der Waals surface area (Å²) in [6.45, 7) is 6.40. The molecule has 7 heteroatoms. The molecule has 2 aromatic carbocycles. The fraction of sp³-hybridized carbons (Fsp3) is 0.360. The first-order valence-electron chi connectivity index (χ1n) is 10.8. The number of aromatic nitrogens is 1. The Hall–Kier alpha value is -2.99.